The van der Waals surface area contributed by atoms with Gasteiger partial charge in [-0.25, -0.2) is 4.39 Å². The molecule has 164 valence electrons. The lowest BCUT2D eigenvalue weighted by molar-refractivity contribution is -0.123. The third-order valence-corrected chi connectivity index (χ3v) is 7.09. The molecule has 2 heterocycles. The number of aryl methyl sites for hydroxylation is 2. The first-order valence-electron chi connectivity index (χ1n) is 9.81. The predicted octanol–water partition coefficient (Wildman–Crippen LogP) is 7.08. The van der Waals surface area contributed by atoms with Crippen molar-refractivity contribution < 1.29 is 14.0 Å². The molecule has 1 aromatic heterocycles. The number of rotatable bonds is 4. The van der Waals surface area contributed by atoms with E-state index in [0.717, 1.165) is 44.9 Å². The summed E-state index contributed by atoms with van der Waals surface area (Å²) >= 11 is 13.2. The monoisotopic (exact) mass is 488 g/mol. The fraction of sp³-hybridized carbons (Fsp3) is 0.167. The van der Waals surface area contributed by atoms with Crippen LogP contribution in [0, 0.1) is 26.6 Å². The Morgan fingerprint density at radius 1 is 1.03 bits per heavy atom. The largest absolute Gasteiger partial charge is 0.318 e. The Bertz CT molecular complexity index is 1280. The smallest absolute Gasteiger partial charge is 0.293 e. The molecule has 2 aromatic carbocycles. The van der Waals surface area contributed by atoms with Gasteiger partial charge < -0.3 is 4.57 Å². The van der Waals surface area contributed by atoms with Crippen molar-refractivity contribution in [2.75, 3.05) is 0 Å². The molecule has 1 aliphatic heterocycles. The van der Waals surface area contributed by atoms with Crippen LogP contribution < -0.4 is 0 Å². The molecule has 0 radical (unpaired) electrons. The summed E-state index contributed by atoms with van der Waals surface area (Å²) < 4.78 is 16.2. The van der Waals surface area contributed by atoms with E-state index in [1.165, 1.54) is 18.2 Å². The summed E-state index contributed by atoms with van der Waals surface area (Å²) in [5.74, 6) is -1.02. The number of nitrogens with zero attached hydrogens (tertiary/aromatic N) is 2. The minimum Gasteiger partial charge on any atom is -0.318 e. The molecule has 0 unspecified atom stereocenters. The van der Waals surface area contributed by atoms with Crippen LogP contribution in [-0.2, 0) is 11.3 Å². The van der Waals surface area contributed by atoms with Crippen LogP contribution >= 0.6 is 35.0 Å². The molecular weight excluding hydrogens is 470 g/mol. The fourth-order valence-electron chi connectivity index (χ4n) is 3.67. The first kappa shape index (κ1) is 22.6. The molecule has 0 saturated carbocycles. The van der Waals surface area contributed by atoms with Crippen molar-refractivity contribution in [2.45, 2.75) is 27.3 Å². The minimum atomic E-state index is -0.555. The van der Waals surface area contributed by atoms with E-state index < -0.39 is 17.0 Å². The molecule has 4 rings (SSSR count). The van der Waals surface area contributed by atoms with Crippen LogP contribution in [0.5, 0.6) is 0 Å². The summed E-state index contributed by atoms with van der Waals surface area (Å²) in [6.07, 6.45) is 1.70. The molecule has 2 amide bonds. The van der Waals surface area contributed by atoms with E-state index in [9.17, 15) is 14.0 Å². The van der Waals surface area contributed by atoms with E-state index in [1.807, 2.05) is 49.6 Å². The van der Waals surface area contributed by atoms with Gasteiger partial charge in [0.15, 0.2) is 0 Å². The maximum Gasteiger partial charge on any atom is 0.293 e. The number of carbonyl (C=O) groups is 2. The standard InChI is InChI=1S/C24H19Cl2FN2O2S/c1-13-7-8-17(11-20(13)26)29-14(2)9-16(15(29)3)10-22-23(30)28(24(31)32-22)12-18-19(25)5-4-6-21(18)27/h4-11H,12H2,1-3H3/b22-10-. The molecular formula is C24H19Cl2FN2O2S. The fourth-order valence-corrected chi connectivity index (χ4v) is 4.90. The molecule has 8 heteroatoms. The van der Waals surface area contributed by atoms with Crippen molar-refractivity contribution in [3.05, 3.63) is 91.3 Å². The second kappa shape index (κ2) is 8.77. The van der Waals surface area contributed by atoms with Gasteiger partial charge in [0.2, 0.25) is 0 Å². The van der Waals surface area contributed by atoms with Gasteiger partial charge in [0, 0.05) is 32.7 Å². The Morgan fingerprint density at radius 3 is 2.47 bits per heavy atom. The molecule has 0 aliphatic carbocycles. The highest BCUT2D eigenvalue weighted by atomic mass is 35.5. The van der Waals surface area contributed by atoms with Crippen molar-refractivity contribution in [1.29, 1.82) is 0 Å². The Labute approximate surface area is 199 Å². The lowest BCUT2D eigenvalue weighted by Gasteiger charge is -2.14. The summed E-state index contributed by atoms with van der Waals surface area (Å²) in [6.45, 7) is 5.63. The second-order valence-corrected chi connectivity index (χ2v) is 9.37. The molecule has 0 bridgehead atoms. The van der Waals surface area contributed by atoms with Gasteiger partial charge >= 0.3 is 0 Å². The van der Waals surface area contributed by atoms with Crippen molar-refractivity contribution in [3.63, 3.8) is 0 Å². The lowest BCUT2D eigenvalue weighted by atomic mass is 10.2. The average Bonchev–Trinajstić information content (AvgIpc) is 3.16. The Balaban J connectivity index is 1.66. The zero-order valence-corrected chi connectivity index (χ0v) is 19.9. The van der Waals surface area contributed by atoms with Crippen LogP contribution in [0.25, 0.3) is 11.8 Å². The molecule has 3 aromatic rings. The SMILES string of the molecule is Cc1ccc(-n2c(C)cc(/C=C3\SC(=O)N(Cc4c(F)cccc4Cl)C3=O)c2C)cc1Cl. The molecule has 0 spiro atoms. The van der Waals surface area contributed by atoms with Gasteiger partial charge in [-0.2, -0.15) is 0 Å². The number of imide groups is 1. The van der Waals surface area contributed by atoms with Gasteiger partial charge in [-0.15, -0.1) is 0 Å². The zero-order valence-electron chi connectivity index (χ0n) is 17.6. The minimum absolute atomic E-state index is 0.118. The van der Waals surface area contributed by atoms with Crippen LogP contribution in [0.4, 0.5) is 9.18 Å². The molecule has 0 N–H and O–H groups in total. The van der Waals surface area contributed by atoms with E-state index in [2.05, 4.69) is 0 Å². The van der Waals surface area contributed by atoms with Gasteiger partial charge in [-0.1, -0.05) is 35.3 Å². The Hall–Kier alpha value is -2.54. The number of hydrogen-bond donors (Lipinski definition) is 0. The maximum absolute atomic E-state index is 14.1. The summed E-state index contributed by atoms with van der Waals surface area (Å²) in [4.78, 5) is 26.7. The molecule has 1 aliphatic rings. The highest BCUT2D eigenvalue weighted by Crippen LogP contribution is 2.36. The first-order valence-corrected chi connectivity index (χ1v) is 11.4. The van der Waals surface area contributed by atoms with Crippen molar-refractivity contribution >= 4 is 52.2 Å². The van der Waals surface area contributed by atoms with Crippen molar-refractivity contribution in [1.82, 2.24) is 9.47 Å². The summed E-state index contributed by atoms with van der Waals surface area (Å²) in [7, 11) is 0. The Morgan fingerprint density at radius 2 is 1.78 bits per heavy atom. The summed E-state index contributed by atoms with van der Waals surface area (Å²) in [5.41, 5.74) is 4.71. The Kier molecular flexibility index (Phi) is 6.21. The topological polar surface area (TPSA) is 42.3 Å². The van der Waals surface area contributed by atoms with E-state index >= 15 is 0 Å². The van der Waals surface area contributed by atoms with Crippen LogP contribution in [0.1, 0.15) is 28.1 Å². The third-order valence-electron chi connectivity index (χ3n) is 5.42. The van der Waals surface area contributed by atoms with Gasteiger partial charge in [0.05, 0.1) is 11.4 Å². The number of hydrogen-bond acceptors (Lipinski definition) is 3. The van der Waals surface area contributed by atoms with Crippen LogP contribution in [0.3, 0.4) is 0 Å². The number of thioether (sulfide) groups is 1. The van der Waals surface area contributed by atoms with Crippen LogP contribution in [-0.4, -0.2) is 20.6 Å². The van der Waals surface area contributed by atoms with E-state index in [0.29, 0.717) is 5.02 Å². The quantitative estimate of drug-likeness (QED) is 0.368. The molecule has 1 saturated heterocycles. The van der Waals surface area contributed by atoms with Crippen molar-refractivity contribution in [2.24, 2.45) is 0 Å². The maximum atomic E-state index is 14.1. The lowest BCUT2D eigenvalue weighted by Crippen LogP contribution is -2.28. The number of benzene rings is 2. The number of aromatic nitrogens is 1. The van der Waals surface area contributed by atoms with Crippen LogP contribution in [0.2, 0.25) is 10.0 Å². The first-order chi connectivity index (χ1) is 15.2. The van der Waals surface area contributed by atoms with Gasteiger partial charge in [0.25, 0.3) is 11.1 Å². The zero-order chi connectivity index (χ0) is 23.2. The number of halogens is 3. The third kappa shape index (κ3) is 4.10. The van der Waals surface area contributed by atoms with E-state index in [-0.39, 0.29) is 22.0 Å². The molecule has 1 fully saturated rings. The average molecular weight is 489 g/mol. The molecule has 0 atom stereocenters. The number of amides is 2. The predicted molar refractivity (Wildman–Crippen MR) is 128 cm³/mol. The van der Waals surface area contributed by atoms with E-state index in [4.69, 9.17) is 23.2 Å². The van der Waals surface area contributed by atoms with Gasteiger partial charge in [0.1, 0.15) is 5.82 Å². The molecule has 4 nitrogen and oxygen atoms in total. The second-order valence-electron chi connectivity index (χ2n) is 7.56. The van der Waals surface area contributed by atoms with Gasteiger partial charge in [-0.3, -0.25) is 14.5 Å². The number of carbonyl (C=O) groups excluding carboxylic acids is 2. The van der Waals surface area contributed by atoms with Crippen molar-refractivity contribution in [3.8, 4) is 5.69 Å². The van der Waals surface area contributed by atoms with Gasteiger partial charge in [-0.05, 0) is 80.1 Å². The van der Waals surface area contributed by atoms with E-state index in [1.54, 1.807) is 6.08 Å². The highest BCUT2D eigenvalue weighted by Gasteiger charge is 2.36. The summed E-state index contributed by atoms with van der Waals surface area (Å²) in [5, 5.41) is 0.387. The summed E-state index contributed by atoms with van der Waals surface area (Å²) in [6, 6.07) is 12.0. The van der Waals surface area contributed by atoms with Crippen LogP contribution in [0.15, 0.2) is 47.4 Å². The normalized spacial score (nSPS) is 15.3. The molecule has 32 heavy (non-hydrogen) atoms. The highest BCUT2D eigenvalue weighted by molar-refractivity contribution is 8.18.